The smallest absolute Gasteiger partial charge is 0.259 e. The Balaban J connectivity index is 1.32. The molecule has 0 saturated heterocycles. The van der Waals surface area contributed by atoms with Crippen molar-refractivity contribution in [2.75, 3.05) is 34.0 Å². The third-order valence-electron chi connectivity index (χ3n) is 10.5. The summed E-state index contributed by atoms with van der Waals surface area (Å²) in [5.74, 6) is 2.25. The standard InChI is InChI=1S/C49H51N2O6P/c1-34(2)51(35(3)4)58(56-31-11-30-50)57-44(32-54-46-29-19-38-17-16-36-12-10-13-37-18-28-45(46)48(38)47(36)37)33-55-49(39-14-8-7-9-15-39,40-20-24-42(52-5)25-21-40)41-22-26-43(53-6)27-23-41/h7-10,12-29,34-35,44H,11,31-33H2,1-6H3/t44-,58?/m0/s1. The van der Waals surface area contributed by atoms with Crippen LogP contribution in [0.15, 0.2) is 133 Å². The lowest BCUT2D eigenvalue weighted by atomic mass is 9.80. The van der Waals surface area contributed by atoms with Gasteiger partial charge >= 0.3 is 0 Å². The predicted molar refractivity (Wildman–Crippen MR) is 234 cm³/mol. The number of hydrogen-bond donors (Lipinski definition) is 0. The van der Waals surface area contributed by atoms with Crippen LogP contribution in [0.3, 0.4) is 0 Å². The van der Waals surface area contributed by atoms with E-state index in [1.807, 2.05) is 72.8 Å². The molecule has 0 aliphatic carbocycles. The maximum Gasteiger partial charge on any atom is 0.259 e. The van der Waals surface area contributed by atoms with Gasteiger partial charge in [-0.2, -0.15) is 5.26 Å². The van der Waals surface area contributed by atoms with Crippen molar-refractivity contribution < 1.29 is 28.0 Å². The molecule has 1 unspecified atom stereocenters. The molecule has 7 aromatic carbocycles. The molecule has 8 nitrogen and oxygen atoms in total. The number of rotatable bonds is 19. The number of nitriles is 1. The zero-order valence-corrected chi connectivity index (χ0v) is 34.9. The van der Waals surface area contributed by atoms with Crippen molar-refractivity contribution in [3.8, 4) is 23.3 Å². The Kier molecular flexibility index (Phi) is 13.1. The van der Waals surface area contributed by atoms with Gasteiger partial charge in [0.05, 0.1) is 39.9 Å². The van der Waals surface area contributed by atoms with Crippen LogP contribution in [0, 0.1) is 11.3 Å². The zero-order chi connectivity index (χ0) is 40.6. The molecule has 0 saturated carbocycles. The minimum atomic E-state index is -1.64. The van der Waals surface area contributed by atoms with E-state index >= 15 is 0 Å². The molecule has 7 rings (SSSR count). The van der Waals surface area contributed by atoms with Gasteiger partial charge in [0.15, 0.2) is 0 Å². The number of benzene rings is 7. The summed E-state index contributed by atoms with van der Waals surface area (Å²) in [6.45, 7) is 9.07. The van der Waals surface area contributed by atoms with E-state index in [4.69, 9.17) is 28.0 Å². The van der Waals surface area contributed by atoms with E-state index in [1.165, 1.54) is 21.5 Å². The Morgan fingerprint density at radius 2 is 1.17 bits per heavy atom. The predicted octanol–water partition coefficient (Wildman–Crippen LogP) is 11.6. The quantitative estimate of drug-likeness (QED) is 0.0346. The van der Waals surface area contributed by atoms with Crippen LogP contribution in [0.2, 0.25) is 0 Å². The second-order valence-electron chi connectivity index (χ2n) is 14.8. The molecular formula is C49H51N2O6P. The Hall–Kier alpha value is -5.26. The lowest BCUT2D eigenvalue weighted by Crippen LogP contribution is -2.39. The SMILES string of the molecule is COc1ccc(C(OC[C@H](COc2ccc3ccc4cccc5ccc2c3c45)OP(OCCC#N)N(C(C)C)C(C)C)(c2ccccc2)c2ccc(OC)cc2)cc1. The molecular weight excluding hydrogens is 744 g/mol. The topological polar surface area (TPSA) is 82.4 Å². The highest BCUT2D eigenvalue weighted by molar-refractivity contribution is 7.44. The highest BCUT2D eigenvalue weighted by atomic mass is 31.2. The molecule has 0 aliphatic rings. The Bertz CT molecular complexity index is 2360. The molecule has 0 heterocycles. The number of hydrogen-bond acceptors (Lipinski definition) is 8. The normalized spacial score (nSPS) is 13.1. The van der Waals surface area contributed by atoms with E-state index in [0.29, 0.717) is 0 Å². The largest absolute Gasteiger partial charge is 0.497 e. The molecule has 0 aromatic heterocycles. The Morgan fingerprint density at radius 3 is 1.74 bits per heavy atom. The molecule has 58 heavy (non-hydrogen) atoms. The minimum absolute atomic E-state index is 0.107. The highest BCUT2D eigenvalue weighted by Crippen LogP contribution is 2.48. The average molecular weight is 795 g/mol. The third-order valence-corrected chi connectivity index (χ3v) is 12.7. The first-order valence-corrected chi connectivity index (χ1v) is 20.9. The summed E-state index contributed by atoms with van der Waals surface area (Å²) in [4.78, 5) is 0. The van der Waals surface area contributed by atoms with Crippen LogP contribution in [0.4, 0.5) is 0 Å². The van der Waals surface area contributed by atoms with Gasteiger partial charge in [-0.25, -0.2) is 4.67 Å². The number of nitrogens with zero attached hydrogens (tertiary/aromatic N) is 2. The van der Waals surface area contributed by atoms with Gasteiger partial charge in [0.1, 0.15) is 35.6 Å². The first-order valence-electron chi connectivity index (χ1n) is 19.8. The van der Waals surface area contributed by atoms with Crippen LogP contribution >= 0.6 is 8.53 Å². The first kappa shape index (κ1) is 40.9. The lowest BCUT2D eigenvalue weighted by molar-refractivity contribution is -0.0449. The van der Waals surface area contributed by atoms with Gasteiger partial charge in [-0.05, 0) is 102 Å². The summed E-state index contributed by atoms with van der Waals surface area (Å²) >= 11 is 0. The molecule has 7 aromatic rings. The Morgan fingerprint density at radius 1 is 0.621 bits per heavy atom. The second-order valence-corrected chi connectivity index (χ2v) is 16.2. The molecule has 298 valence electrons. The maximum absolute atomic E-state index is 9.45. The molecule has 0 N–H and O–H groups in total. The average Bonchev–Trinajstić information content (AvgIpc) is 3.25. The van der Waals surface area contributed by atoms with Gasteiger partial charge in [0.25, 0.3) is 8.53 Å². The molecule has 0 amide bonds. The van der Waals surface area contributed by atoms with Crippen molar-refractivity contribution in [3.05, 3.63) is 150 Å². The number of ether oxygens (including phenoxy) is 4. The van der Waals surface area contributed by atoms with E-state index in [2.05, 4.69) is 99.1 Å². The first-order chi connectivity index (χ1) is 28.3. The maximum atomic E-state index is 9.45. The highest BCUT2D eigenvalue weighted by Gasteiger charge is 2.40. The summed E-state index contributed by atoms with van der Waals surface area (Å²) in [6, 6.07) is 47.9. The Labute approximate surface area is 343 Å². The van der Waals surface area contributed by atoms with Crippen LogP contribution in [0.1, 0.15) is 50.8 Å². The molecule has 0 aliphatic heterocycles. The second kappa shape index (κ2) is 18.6. The van der Waals surface area contributed by atoms with E-state index in [0.717, 1.165) is 44.7 Å². The fourth-order valence-corrected chi connectivity index (χ4v) is 9.52. The van der Waals surface area contributed by atoms with Crippen LogP contribution in [-0.2, 0) is 19.4 Å². The van der Waals surface area contributed by atoms with Gasteiger partial charge in [-0.15, -0.1) is 0 Å². The van der Waals surface area contributed by atoms with Gasteiger partial charge < -0.3 is 28.0 Å². The van der Waals surface area contributed by atoms with Crippen molar-refractivity contribution in [2.45, 2.75) is 57.9 Å². The van der Waals surface area contributed by atoms with E-state index in [9.17, 15) is 5.26 Å². The molecule has 0 radical (unpaired) electrons. The molecule has 0 fully saturated rings. The summed E-state index contributed by atoms with van der Waals surface area (Å²) in [5.41, 5.74) is 1.69. The van der Waals surface area contributed by atoms with Crippen molar-refractivity contribution in [2.24, 2.45) is 0 Å². The van der Waals surface area contributed by atoms with Gasteiger partial charge in [0.2, 0.25) is 0 Å². The fourth-order valence-electron chi connectivity index (χ4n) is 7.84. The van der Waals surface area contributed by atoms with E-state index in [-0.39, 0.29) is 38.3 Å². The van der Waals surface area contributed by atoms with E-state index in [1.54, 1.807) is 14.2 Å². The molecule has 0 bridgehead atoms. The van der Waals surface area contributed by atoms with Gasteiger partial charge in [-0.1, -0.05) is 97.1 Å². The van der Waals surface area contributed by atoms with Crippen molar-refractivity contribution in [1.29, 1.82) is 5.26 Å². The van der Waals surface area contributed by atoms with Crippen molar-refractivity contribution in [1.82, 2.24) is 4.67 Å². The van der Waals surface area contributed by atoms with E-state index < -0.39 is 20.2 Å². The zero-order valence-electron chi connectivity index (χ0n) is 34.1. The van der Waals surface area contributed by atoms with Gasteiger partial charge in [0, 0.05) is 22.9 Å². The van der Waals surface area contributed by atoms with Gasteiger partial charge in [-0.3, -0.25) is 0 Å². The van der Waals surface area contributed by atoms with Crippen LogP contribution in [0.5, 0.6) is 17.2 Å². The van der Waals surface area contributed by atoms with Crippen LogP contribution in [0.25, 0.3) is 32.3 Å². The molecule has 9 heteroatoms. The summed E-state index contributed by atoms with van der Waals surface area (Å²) in [6.07, 6.45) is -0.357. The third kappa shape index (κ3) is 8.47. The van der Waals surface area contributed by atoms with Crippen molar-refractivity contribution >= 4 is 40.8 Å². The van der Waals surface area contributed by atoms with Crippen molar-refractivity contribution in [3.63, 3.8) is 0 Å². The lowest BCUT2D eigenvalue weighted by Gasteiger charge is -2.39. The fraction of sp³-hybridized carbons (Fsp3) is 0.286. The minimum Gasteiger partial charge on any atom is -0.497 e. The van der Waals surface area contributed by atoms with Crippen LogP contribution < -0.4 is 14.2 Å². The number of methoxy groups -OCH3 is 2. The monoisotopic (exact) mass is 794 g/mol. The van der Waals surface area contributed by atoms with Crippen LogP contribution in [-0.4, -0.2) is 56.9 Å². The summed E-state index contributed by atoms with van der Waals surface area (Å²) in [7, 11) is 1.69. The molecule has 2 atom stereocenters. The summed E-state index contributed by atoms with van der Waals surface area (Å²) in [5, 5.41) is 16.4. The summed E-state index contributed by atoms with van der Waals surface area (Å²) < 4.78 is 41.1. The molecule has 0 spiro atoms.